The molecule has 0 atom stereocenters. The van der Waals surface area contributed by atoms with E-state index in [1.54, 1.807) is 54.8 Å². The molecule has 126 heavy (non-hydrogen) atoms. The molecule has 0 aromatic heterocycles. The van der Waals surface area contributed by atoms with Crippen LogP contribution in [0.1, 0.15) is 85.9 Å². The average Bonchev–Trinajstić information content (AvgIpc) is 0.755. The number of aromatic carboxylic acids is 1. The number of methoxy groups -OCH3 is 6. The Morgan fingerprint density at radius 1 is 0.381 bits per heavy atom. The van der Waals surface area contributed by atoms with Crippen molar-refractivity contribution in [1.82, 2.24) is 19.0 Å². The van der Waals surface area contributed by atoms with E-state index in [0.717, 1.165) is 197 Å². The monoisotopic (exact) mass is 1780 g/mol. The molecular weight excluding hydrogens is 1660 g/mol. The molecular formula is C99H124Cl3N10O14-. The number of fused-ring (bicyclic) bond motifs is 6. The van der Waals surface area contributed by atoms with E-state index in [-0.39, 0.29) is 60.0 Å². The lowest BCUT2D eigenvalue weighted by molar-refractivity contribution is -0.255. The highest BCUT2D eigenvalue weighted by Crippen LogP contribution is 2.51. The lowest BCUT2D eigenvalue weighted by atomic mass is 9.89. The van der Waals surface area contributed by atoms with E-state index in [0.29, 0.717) is 80.3 Å². The van der Waals surface area contributed by atoms with Gasteiger partial charge in [-0.25, -0.2) is 13.7 Å². The molecule has 3 aliphatic carbocycles. The van der Waals surface area contributed by atoms with Gasteiger partial charge in [0, 0.05) is 287 Å². The van der Waals surface area contributed by atoms with Gasteiger partial charge in [-0.1, -0.05) is 6.07 Å². The van der Waals surface area contributed by atoms with Gasteiger partial charge in [0.1, 0.15) is 105 Å². The Morgan fingerprint density at radius 2 is 0.746 bits per heavy atom. The van der Waals surface area contributed by atoms with Crippen molar-refractivity contribution >= 4 is 90.5 Å². The third-order valence-corrected chi connectivity index (χ3v) is 22.2. The Balaban J connectivity index is 0.000000258. The van der Waals surface area contributed by atoms with Gasteiger partial charge >= 0.3 is 0 Å². The van der Waals surface area contributed by atoms with Crippen molar-refractivity contribution in [1.29, 1.82) is 0 Å². The molecule has 0 unspecified atom stereocenters. The van der Waals surface area contributed by atoms with E-state index in [1.807, 2.05) is 130 Å². The van der Waals surface area contributed by atoms with Crippen molar-refractivity contribution < 1.29 is 103 Å². The molecule has 6 aliphatic rings. The lowest BCUT2D eigenvalue weighted by Gasteiger charge is -2.30. The summed E-state index contributed by atoms with van der Waals surface area (Å²) in [6.07, 6.45) is 5.36. The number of hydrogen-bond donors (Lipinski definition) is 1. The molecule has 0 radical (unpaired) electrons. The number of rotatable bonds is 35. The van der Waals surface area contributed by atoms with Crippen molar-refractivity contribution in [3.63, 3.8) is 0 Å². The number of halogens is 3. The van der Waals surface area contributed by atoms with Gasteiger partial charge in [0.25, 0.3) is 5.91 Å². The zero-order chi connectivity index (χ0) is 89.0. The van der Waals surface area contributed by atoms with Gasteiger partial charge in [-0.05, 0) is 124 Å². The number of Topliss-reactive ketones (excluding diaryl/α,β-unsaturated/α-hetero) is 2. The lowest BCUT2D eigenvalue weighted by Crippen LogP contribution is -3.00. The van der Waals surface area contributed by atoms with Gasteiger partial charge in [-0.15, -0.1) is 0 Å². The highest BCUT2D eigenvalue weighted by atomic mass is 35.5. The summed E-state index contributed by atoms with van der Waals surface area (Å²) in [6, 6.07) is 50.1. The largest absolute Gasteiger partial charge is 1.00 e. The number of amides is 1. The number of carboxylic acids is 1. The second-order valence-corrected chi connectivity index (χ2v) is 32.0. The molecule has 1 amide bonds. The first-order valence-electron chi connectivity index (χ1n) is 41.9. The first-order valence-corrected chi connectivity index (χ1v) is 41.9. The maximum Gasteiger partial charge on any atom is 0.251 e. The molecule has 24 nitrogen and oxygen atoms in total. The standard InChI is InChI=1S/C36H49N4O4.C35H46N3O5.C28H29N3O5.3ClH/c1-10-40(19-11-13-27(41)14-12-20-42-8)32-24-33(43-9)30(23-31(32)39(6)7)36-28-17-15-25(37(2)3)21-34(28)44-35-22-26(38(4)5)16-18-29(35)36;1-9-38(18-10-12-26(39)13-11-19-40-6)30-23-31(41-7)29(22-34(30)42-8)35-27-16-14-24(36(2)3)20-32(27)43-33-21-25(37(4)5)15-17-28(33)35;1-30(2)18-7-10-21-24(15-18)36-25-16-19(31(3)4)8-11-22(25)26(21)20-9-6-17(14-23(20)28(33)34)27(32)29-12-13-35-5;;;/h15-18,21-24H,10-14,19-20H2,1-9H3;14-17,20-23H,9-13,18-19H2,1-8H3;6-11,14-16H,12-13H2,1-5H3,(H-,29,32,33,34);3*1H/q2*+1;;;;/p-3. The molecule has 676 valence electrons. The summed E-state index contributed by atoms with van der Waals surface area (Å²) in [5.41, 5.74) is 16.5. The van der Waals surface area contributed by atoms with Crippen LogP contribution in [-0.2, 0) is 23.8 Å². The van der Waals surface area contributed by atoms with Gasteiger partial charge in [-0.2, -0.15) is 0 Å². The fraction of sp³-hybridized carbons (Fsp3) is 0.384. The first kappa shape index (κ1) is 102. The second-order valence-electron chi connectivity index (χ2n) is 32.0. The Labute approximate surface area is 760 Å². The Hall–Kier alpha value is -11.4. The minimum atomic E-state index is -1.37. The van der Waals surface area contributed by atoms with Gasteiger partial charge in [0.15, 0.2) is 0 Å². The van der Waals surface area contributed by atoms with Crippen LogP contribution in [0.4, 0.5) is 34.1 Å². The minimum absolute atomic E-state index is 0. The summed E-state index contributed by atoms with van der Waals surface area (Å²) in [6.45, 7) is 9.29. The van der Waals surface area contributed by atoms with Crippen LogP contribution in [0.2, 0.25) is 0 Å². The maximum atomic E-state index is 12.6. The van der Waals surface area contributed by atoms with Crippen LogP contribution in [-0.4, -0.2) is 217 Å². The number of nitrogens with zero attached hydrogens (tertiary/aromatic N) is 9. The molecule has 1 N–H and O–H groups in total. The fourth-order valence-corrected chi connectivity index (χ4v) is 15.4. The second kappa shape index (κ2) is 47.3. The van der Waals surface area contributed by atoms with Gasteiger partial charge in [-0.3, -0.25) is 14.4 Å². The zero-order valence-electron chi connectivity index (χ0n) is 77.1. The summed E-state index contributed by atoms with van der Waals surface area (Å²) in [5, 5.41) is 20.8. The predicted molar refractivity (Wildman–Crippen MR) is 498 cm³/mol. The highest BCUT2D eigenvalue weighted by Gasteiger charge is 2.29. The molecule has 27 heteroatoms. The normalized spacial score (nSPS) is 10.9. The third kappa shape index (κ3) is 24.2. The molecule has 0 saturated carbocycles. The van der Waals surface area contributed by atoms with Crippen molar-refractivity contribution in [3.8, 4) is 84.6 Å². The molecule has 12 rings (SSSR count). The van der Waals surface area contributed by atoms with Crippen LogP contribution >= 0.6 is 0 Å². The molecule has 0 fully saturated rings. The molecule has 0 spiro atoms. The fourth-order valence-electron chi connectivity index (χ4n) is 15.4. The number of ketones is 2. The Kier molecular flexibility index (Phi) is 38.1. The number of carbonyl (C=O) groups is 4. The number of benzene rings is 9. The van der Waals surface area contributed by atoms with Crippen molar-refractivity contribution in [3.05, 3.63) is 179 Å². The highest BCUT2D eigenvalue weighted by molar-refractivity contribution is 6.10. The van der Waals surface area contributed by atoms with Gasteiger partial charge in [0.05, 0.1) is 69.2 Å². The SMILES string of the molecule is CCN(CCCC(=O)CCCOC)c1cc(OC)c(-c2c3ccc(=[N+](C)C)cc-3oc3cc(N(C)C)ccc23)cc1N(C)C.CCN(CCCC(=O)CCCOC)c1cc(OC)c(-c2c3ccc(=[N+](C)C)cc-3oc3cc(N(C)C)ccc23)cc1OC.COCCNC(=O)c1ccc(-c2c3ccc(=[N+](C)C)cc-3oc3cc(N(C)C)ccc23)c(C(=O)[O-])c1.[Cl-].[Cl-].[Cl-]. The van der Waals surface area contributed by atoms with Gasteiger partial charge < -0.3 is 124 Å². The molecule has 0 bridgehead atoms. The third-order valence-electron chi connectivity index (χ3n) is 22.2. The van der Waals surface area contributed by atoms with E-state index in [1.165, 1.54) is 6.07 Å². The number of hydrogen-bond acceptors (Lipinski definition) is 20. The molecule has 6 aromatic rings. The quantitative estimate of drug-likeness (QED) is 0.0315. The number of ether oxygens (including phenoxy) is 6. The maximum absolute atomic E-state index is 12.6. The van der Waals surface area contributed by atoms with Crippen molar-refractivity contribution in [2.24, 2.45) is 0 Å². The molecule has 3 heterocycles. The summed E-state index contributed by atoms with van der Waals surface area (Å²) >= 11 is 0. The number of carbonyl (C=O) groups excluding carboxylic acids is 4. The van der Waals surface area contributed by atoms with Gasteiger partial charge in [0.2, 0.25) is 16.1 Å². The average molecular weight is 1780 g/mol. The molecule has 3 aliphatic heterocycles. The van der Waals surface area contributed by atoms with E-state index in [2.05, 4.69) is 164 Å². The predicted octanol–water partition coefficient (Wildman–Crippen LogP) is 4.96. The van der Waals surface area contributed by atoms with E-state index < -0.39 is 5.97 Å². The summed E-state index contributed by atoms with van der Waals surface area (Å²) in [4.78, 5) is 62.5. The first-order chi connectivity index (χ1) is 59.0. The Morgan fingerprint density at radius 3 is 1.10 bits per heavy atom. The minimum Gasteiger partial charge on any atom is -1.00 e. The topological polar surface area (TPSA) is 227 Å². The summed E-state index contributed by atoms with van der Waals surface area (Å²) in [7, 11) is 38.2. The van der Waals surface area contributed by atoms with Crippen LogP contribution in [0.5, 0.6) is 17.2 Å². The van der Waals surface area contributed by atoms with E-state index >= 15 is 0 Å². The molecule has 6 aromatic carbocycles. The summed E-state index contributed by atoms with van der Waals surface area (Å²) < 4.78 is 58.9. The van der Waals surface area contributed by atoms with Crippen molar-refractivity contribution in [2.45, 2.75) is 65.2 Å². The molecule has 0 saturated heterocycles. The summed E-state index contributed by atoms with van der Waals surface area (Å²) in [5.74, 6) is 3.33. The van der Waals surface area contributed by atoms with E-state index in [9.17, 15) is 24.3 Å². The number of anilines is 6. The van der Waals surface area contributed by atoms with Crippen LogP contribution < -0.4 is 121 Å². The number of nitrogens with one attached hydrogen (secondary N) is 1. The smallest absolute Gasteiger partial charge is 0.251 e. The van der Waals surface area contributed by atoms with Crippen LogP contribution in [0.15, 0.2) is 165 Å². The van der Waals surface area contributed by atoms with Crippen LogP contribution in [0.25, 0.3) is 100 Å². The Bertz CT molecular complexity index is 5890. The number of carboxylic acid groups (broad SMARTS) is 1. The van der Waals surface area contributed by atoms with E-state index in [4.69, 9.17) is 41.7 Å². The zero-order valence-corrected chi connectivity index (χ0v) is 79.4. The van der Waals surface area contributed by atoms with Crippen LogP contribution in [0, 0.1) is 0 Å². The van der Waals surface area contributed by atoms with Crippen LogP contribution in [0.3, 0.4) is 0 Å². The van der Waals surface area contributed by atoms with Crippen molar-refractivity contribution in [2.75, 3.05) is 223 Å².